The van der Waals surface area contributed by atoms with Crippen LogP contribution >= 0.6 is 28.3 Å². The molecule has 5 nitrogen and oxygen atoms in total. The highest BCUT2D eigenvalue weighted by molar-refractivity contribution is 9.10. The number of pyridine rings is 2. The van der Waals surface area contributed by atoms with Crippen molar-refractivity contribution in [2.24, 2.45) is 0 Å². The number of carbonyl (C=O) groups is 1. The van der Waals surface area contributed by atoms with Gasteiger partial charge in [0.05, 0.1) is 12.3 Å². The maximum Gasteiger partial charge on any atom is 0.341 e. The summed E-state index contributed by atoms with van der Waals surface area (Å²) in [6, 6.07) is 9.77. The fourth-order valence-electron chi connectivity index (χ4n) is 2.60. The van der Waals surface area contributed by atoms with E-state index in [1.807, 2.05) is 51.1 Å². The minimum Gasteiger partial charge on any atom is -0.462 e. The van der Waals surface area contributed by atoms with Crippen molar-refractivity contribution in [3.8, 4) is 0 Å². The van der Waals surface area contributed by atoms with Gasteiger partial charge in [0.25, 0.3) is 0 Å². The van der Waals surface area contributed by atoms with E-state index in [2.05, 4.69) is 31.2 Å². The second-order valence-electron chi connectivity index (χ2n) is 6.10. The number of benzene rings is 1. The summed E-state index contributed by atoms with van der Waals surface area (Å²) in [6.07, 6.45) is 2.29. The van der Waals surface area contributed by atoms with Gasteiger partial charge in [-0.2, -0.15) is 0 Å². The molecule has 1 N–H and O–H groups in total. The summed E-state index contributed by atoms with van der Waals surface area (Å²) in [4.78, 5) is 21.3. The number of fused-ring (bicyclic) bond motifs is 1. The molecule has 0 aliphatic rings. The minimum absolute atomic E-state index is 0. The molecule has 7 heteroatoms. The Labute approximate surface area is 173 Å². The Morgan fingerprint density at radius 2 is 2.00 bits per heavy atom. The van der Waals surface area contributed by atoms with Crippen molar-refractivity contribution in [2.45, 2.75) is 27.2 Å². The van der Waals surface area contributed by atoms with Crippen LogP contribution in [0.1, 0.15) is 35.0 Å². The van der Waals surface area contributed by atoms with Crippen LogP contribution in [0.15, 0.2) is 41.0 Å². The van der Waals surface area contributed by atoms with Gasteiger partial charge < -0.3 is 10.1 Å². The Kier molecular flexibility index (Phi) is 7.16. The maximum absolute atomic E-state index is 12.5. The van der Waals surface area contributed by atoms with Crippen LogP contribution in [0.4, 0.5) is 11.4 Å². The number of ether oxygens (including phenoxy) is 1. The van der Waals surface area contributed by atoms with Gasteiger partial charge in [0.2, 0.25) is 0 Å². The molecule has 0 amide bonds. The number of rotatable bonds is 5. The Balaban J connectivity index is 0.00000261. The lowest BCUT2D eigenvalue weighted by Gasteiger charge is -2.15. The first kappa shape index (κ1) is 21.1. The Bertz CT molecular complexity index is 979. The highest BCUT2D eigenvalue weighted by Gasteiger charge is 2.18. The van der Waals surface area contributed by atoms with E-state index in [1.165, 1.54) is 6.20 Å². The normalized spacial score (nSPS) is 10.4. The molecule has 3 aromatic rings. The summed E-state index contributed by atoms with van der Waals surface area (Å²) in [5.74, 6) is -0.391. The standard InChI is InChI=1S/C20H20BrN3O2.ClH/c1-4-9-26-20(25)16-11-22-19-15(7-5-13(3)23-19)18(16)24-14-6-8-17(21)12(2)10-14;/h5-8,10-11H,4,9H2,1-3H3,(H,22,23,24);1H. The van der Waals surface area contributed by atoms with Gasteiger partial charge in [-0.15, -0.1) is 12.4 Å². The molecular formula is C20H21BrClN3O2. The van der Waals surface area contributed by atoms with Crippen LogP contribution in [0.5, 0.6) is 0 Å². The third-order valence-electron chi connectivity index (χ3n) is 3.95. The van der Waals surface area contributed by atoms with Gasteiger partial charge in [-0.25, -0.2) is 14.8 Å². The topological polar surface area (TPSA) is 64.1 Å². The van der Waals surface area contributed by atoms with Crippen LogP contribution < -0.4 is 5.32 Å². The van der Waals surface area contributed by atoms with Crippen LogP contribution in [0, 0.1) is 13.8 Å². The second-order valence-corrected chi connectivity index (χ2v) is 6.95. The smallest absolute Gasteiger partial charge is 0.341 e. The average Bonchev–Trinajstić information content (AvgIpc) is 2.62. The third-order valence-corrected chi connectivity index (χ3v) is 4.84. The van der Waals surface area contributed by atoms with Crippen molar-refractivity contribution in [3.05, 3.63) is 57.8 Å². The molecule has 0 aliphatic heterocycles. The van der Waals surface area contributed by atoms with Gasteiger partial charge in [0.15, 0.2) is 5.65 Å². The fourth-order valence-corrected chi connectivity index (χ4v) is 2.85. The van der Waals surface area contributed by atoms with E-state index in [1.54, 1.807) is 0 Å². The SMILES string of the molecule is CCCOC(=O)c1cnc2nc(C)ccc2c1Nc1ccc(Br)c(C)c1.Cl. The zero-order chi connectivity index (χ0) is 18.7. The Morgan fingerprint density at radius 3 is 2.70 bits per heavy atom. The number of hydrogen-bond acceptors (Lipinski definition) is 5. The van der Waals surface area contributed by atoms with Crippen molar-refractivity contribution in [1.82, 2.24) is 9.97 Å². The van der Waals surface area contributed by atoms with E-state index < -0.39 is 5.97 Å². The summed E-state index contributed by atoms with van der Waals surface area (Å²) in [5.41, 5.74) is 4.49. The van der Waals surface area contributed by atoms with E-state index in [4.69, 9.17) is 4.74 Å². The third kappa shape index (κ3) is 4.76. The molecule has 27 heavy (non-hydrogen) atoms. The van der Waals surface area contributed by atoms with Crippen LogP contribution in [0.2, 0.25) is 0 Å². The highest BCUT2D eigenvalue weighted by Crippen LogP contribution is 2.30. The predicted octanol–water partition coefficient (Wildman–Crippen LogP) is 5.74. The first-order valence-corrected chi connectivity index (χ1v) is 9.25. The van der Waals surface area contributed by atoms with Crippen molar-refractivity contribution in [1.29, 1.82) is 0 Å². The molecule has 1 aromatic carbocycles. The number of aromatic nitrogens is 2. The van der Waals surface area contributed by atoms with Gasteiger partial charge in [0, 0.05) is 27.4 Å². The quantitative estimate of drug-likeness (QED) is 0.502. The summed E-state index contributed by atoms with van der Waals surface area (Å²) in [5, 5.41) is 4.14. The van der Waals surface area contributed by atoms with Gasteiger partial charge in [-0.1, -0.05) is 22.9 Å². The summed E-state index contributed by atoms with van der Waals surface area (Å²) in [6.45, 7) is 6.26. The van der Waals surface area contributed by atoms with E-state index in [0.717, 1.165) is 33.2 Å². The van der Waals surface area contributed by atoms with E-state index in [9.17, 15) is 4.79 Å². The van der Waals surface area contributed by atoms with E-state index in [-0.39, 0.29) is 12.4 Å². The van der Waals surface area contributed by atoms with Crippen LogP contribution in [-0.2, 0) is 4.74 Å². The zero-order valence-corrected chi connectivity index (χ0v) is 17.8. The molecule has 142 valence electrons. The van der Waals surface area contributed by atoms with Crippen LogP contribution in [0.25, 0.3) is 11.0 Å². The number of nitrogens with zero attached hydrogens (tertiary/aromatic N) is 2. The van der Waals surface area contributed by atoms with Crippen molar-refractivity contribution < 1.29 is 9.53 Å². The molecule has 0 atom stereocenters. The highest BCUT2D eigenvalue weighted by atomic mass is 79.9. The van der Waals surface area contributed by atoms with E-state index >= 15 is 0 Å². The number of carbonyl (C=O) groups excluding carboxylic acids is 1. The molecule has 0 aliphatic carbocycles. The minimum atomic E-state index is -0.391. The van der Waals surface area contributed by atoms with Crippen molar-refractivity contribution in [2.75, 3.05) is 11.9 Å². The number of aryl methyl sites for hydroxylation is 2. The molecule has 0 fully saturated rings. The number of anilines is 2. The Morgan fingerprint density at radius 1 is 1.22 bits per heavy atom. The summed E-state index contributed by atoms with van der Waals surface area (Å²) >= 11 is 3.51. The monoisotopic (exact) mass is 449 g/mol. The average molecular weight is 451 g/mol. The Hall–Kier alpha value is -2.18. The van der Waals surface area contributed by atoms with Gasteiger partial charge in [-0.3, -0.25) is 0 Å². The molecule has 0 saturated carbocycles. The second kappa shape index (κ2) is 9.15. The number of nitrogens with one attached hydrogen (secondary N) is 1. The first-order chi connectivity index (χ1) is 12.5. The summed E-state index contributed by atoms with van der Waals surface area (Å²) in [7, 11) is 0. The van der Waals surface area contributed by atoms with Crippen LogP contribution in [0.3, 0.4) is 0 Å². The van der Waals surface area contributed by atoms with E-state index in [0.29, 0.717) is 23.5 Å². The molecule has 0 radical (unpaired) electrons. The first-order valence-electron chi connectivity index (χ1n) is 8.46. The predicted molar refractivity (Wildman–Crippen MR) is 114 cm³/mol. The summed E-state index contributed by atoms with van der Waals surface area (Å²) < 4.78 is 6.35. The molecule has 2 heterocycles. The molecule has 0 unspecified atom stereocenters. The van der Waals surface area contributed by atoms with Gasteiger partial charge in [0.1, 0.15) is 5.56 Å². The number of halogens is 2. The molecular weight excluding hydrogens is 430 g/mol. The lowest BCUT2D eigenvalue weighted by atomic mass is 10.1. The van der Waals surface area contributed by atoms with Crippen molar-refractivity contribution in [3.63, 3.8) is 0 Å². The van der Waals surface area contributed by atoms with Gasteiger partial charge >= 0.3 is 5.97 Å². The van der Waals surface area contributed by atoms with Crippen LogP contribution in [-0.4, -0.2) is 22.5 Å². The number of esters is 1. The van der Waals surface area contributed by atoms with Gasteiger partial charge in [-0.05, 0) is 56.2 Å². The lowest BCUT2D eigenvalue weighted by Crippen LogP contribution is -2.10. The largest absolute Gasteiger partial charge is 0.462 e. The maximum atomic E-state index is 12.5. The lowest BCUT2D eigenvalue weighted by molar-refractivity contribution is 0.0506. The molecule has 0 saturated heterocycles. The molecule has 0 bridgehead atoms. The zero-order valence-electron chi connectivity index (χ0n) is 15.4. The molecule has 3 rings (SSSR count). The number of hydrogen-bond donors (Lipinski definition) is 1. The van der Waals surface area contributed by atoms with Crippen molar-refractivity contribution >= 4 is 56.7 Å². The molecule has 2 aromatic heterocycles. The fraction of sp³-hybridized carbons (Fsp3) is 0.250. The molecule has 0 spiro atoms.